The molecule has 0 atom stereocenters. The van der Waals surface area contributed by atoms with E-state index in [4.69, 9.17) is 4.74 Å². The van der Waals surface area contributed by atoms with Crippen LogP contribution in [0.1, 0.15) is 27.8 Å². The molecular weight excluding hydrogens is 441 g/mol. The molecule has 2 aromatic heterocycles. The number of halogens is 1. The molecule has 4 rings (SSSR count). The summed E-state index contributed by atoms with van der Waals surface area (Å²) in [6.45, 7) is 1.65. The second-order valence-electron chi connectivity index (χ2n) is 7.21. The van der Waals surface area contributed by atoms with E-state index in [2.05, 4.69) is 26.0 Å². The van der Waals surface area contributed by atoms with Gasteiger partial charge in [0.05, 0.1) is 5.56 Å². The SMILES string of the molecule is Cc1cc(Oc2ccc(CSc3ncc(Cc4cncnc4)c(=O)[nH]3)cc2C#N)ccc1F. The summed E-state index contributed by atoms with van der Waals surface area (Å²) in [5.74, 6) is 1.03. The molecule has 33 heavy (non-hydrogen) atoms. The van der Waals surface area contributed by atoms with E-state index in [0.717, 1.165) is 11.1 Å². The Balaban J connectivity index is 1.43. The predicted molar refractivity (Wildman–Crippen MR) is 122 cm³/mol. The van der Waals surface area contributed by atoms with E-state index in [1.165, 1.54) is 30.2 Å². The average Bonchev–Trinajstić information content (AvgIpc) is 2.83. The molecule has 7 nitrogen and oxygen atoms in total. The third-order valence-electron chi connectivity index (χ3n) is 4.76. The molecule has 1 N–H and O–H groups in total. The van der Waals surface area contributed by atoms with E-state index in [9.17, 15) is 14.4 Å². The van der Waals surface area contributed by atoms with E-state index in [1.807, 2.05) is 6.07 Å². The Bertz CT molecular complexity index is 1390. The maximum absolute atomic E-state index is 13.5. The molecule has 9 heteroatoms. The number of benzene rings is 2. The lowest BCUT2D eigenvalue weighted by atomic mass is 10.1. The van der Waals surface area contributed by atoms with Gasteiger partial charge >= 0.3 is 0 Å². The molecule has 2 heterocycles. The van der Waals surface area contributed by atoms with Gasteiger partial charge in [0.15, 0.2) is 5.16 Å². The number of ether oxygens (including phenoxy) is 1. The molecule has 0 aliphatic rings. The number of aryl methyl sites for hydroxylation is 1. The molecule has 0 unspecified atom stereocenters. The lowest BCUT2D eigenvalue weighted by molar-refractivity contribution is 0.478. The molecule has 4 aromatic rings. The van der Waals surface area contributed by atoms with Crippen molar-refractivity contribution in [3.05, 3.63) is 105 Å². The van der Waals surface area contributed by atoms with Crippen LogP contribution in [0.4, 0.5) is 4.39 Å². The molecule has 2 aromatic carbocycles. The van der Waals surface area contributed by atoms with Crippen LogP contribution in [-0.4, -0.2) is 19.9 Å². The lowest BCUT2D eigenvalue weighted by Gasteiger charge is -2.10. The number of aromatic nitrogens is 4. The Morgan fingerprint density at radius 3 is 2.67 bits per heavy atom. The highest BCUT2D eigenvalue weighted by Crippen LogP contribution is 2.29. The number of thioether (sulfide) groups is 1. The average molecular weight is 460 g/mol. The molecule has 0 bridgehead atoms. The van der Waals surface area contributed by atoms with Crippen molar-refractivity contribution in [1.82, 2.24) is 19.9 Å². The van der Waals surface area contributed by atoms with E-state index in [-0.39, 0.29) is 11.4 Å². The predicted octanol–water partition coefficient (Wildman–Crippen LogP) is 4.55. The molecule has 0 saturated heterocycles. The van der Waals surface area contributed by atoms with Crippen molar-refractivity contribution >= 4 is 11.8 Å². The van der Waals surface area contributed by atoms with Gasteiger partial charge in [-0.15, -0.1) is 0 Å². The molecule has 0 amide bonds. The number of hydrogen-bond donors (Lipinski definition) is 1. The number of nitriles is 1. The van der Waals surface area contributed by atoms with Crippen LogP contribution < -0.4 is 10.3 Å². The van der Waals surface area contributed by atoms with Crippen molar-refractivity contribution in [2.45, 2.75) is 24.3 Å². The van der Waals surface area contributed by atoms with Crippen LogP contribution in [0.15, 0.2) is 71.3 Å². The Kier molecular flexibility index (Phi) is 6.76. The second kappa shape index (κ2) is 10.1. The zero-order valence-corrected chi connectivity index (χ0v) is 18.4. The summed E-state index contributed by atoms with van der Waals surface area (Å²) in [4.78, 5) is 27.4. The fourth-order valence-corrected chi connectivity index (χ4v) is 3.82. The smallest absolute Gasteiger partial charge is 0.255 e. The van der Waals surface area contributed by atoms with Crippen molar-refractivity contribution in [3.8, 4) is 17.6 Å². The highest BCUT2D eigenvalue weighted by atomic mass is 32.2. The van der Waals surface area contributed by atoms with Crippen LogP contribution in [0.25, 0.3) is 0 Å². The second-order valence-corrected chi connectivity index (χ2v) is 8.17. The standard InChI is InChI=1S/C24H18FN5O2S/c1-15-6-20(3-4-21(15)25)32-22-5-2-16(7-18(22)9-26)13-33-24-29-12-19(23(31)30-24)8-17-10-27-14-28-11-17/h2-7,10-12,14H,8,13H2,1H3,(H,29,30,31). The molecule has 0 fully saturated rings. The highest BCUT2D eigenvalue weighted by Gasteiger charge is 2.10. The van der Waals surface area contributed by atoms with E-state index in [0.29, 0.717) is 45.5 Å². The van der Waals surface area contributed by atoms with Crippen LogP contribution in [0.5, 0.6) is 11.5 Å². The van der Waals surface area contributed by atoms with Gasteiger partial charge in [-0.1, -0.05) is 17.8 Å². The van der Waals surface area contributed by atoms with Gasteiger partial charge in [-0.3, -0.25) is 4.79 Å². The monoisotopic (exact) mass is 459 g/mol. The van der Waals surface area contributed by atoms with Crippen LogP contribution in [0, 0.1) is 24.1 Å². The lowest BCUT2D eigenvalue weighted by Crippen LogP contribution is -2.14. The summed E-state index contributed by atoms with van der Waals surface area (Å²) in [5.41, 5.74) is 2.83. The molecule has 0 saturated carbocycles. The van der Waals surface area contributed by atoms with Crippen LogP contribution in [0.3, 0.4) is 0 Å². The maximum atomic E-state index is 13.5. The quantitative estimate of drug-likeness (QED) is 0.319. The Morgan fingerprint density at radius 1 is 1.12 bits per heavy atom. The highest BCUT2D eigenvalue weighted by molar-refractivity contribution is 7.98. The maximum Gasteiger partial charge on any atom is 0.255 e. The fourth-order valence-electron chi connectivity index (χ4n) is 3.05. The summed E-state index contributed by atoms with van der Waals surface area (Å²) in [5, 5.41) is 10.0. The minimum atomic E-state index is -0.316. The normalized spacial score (nSPS) is 10.6. The number of nitrogens with one attached hydrogen (secondary N) is 1. The summed E-state index contributed by atoms with van der Waals surface area (Å²) < 4.78 is 19.2. The Morgan fingerprint density at radius 2 is 1.94 bits per heavy atom. The number of aromatic amines is 1. The van der Waals surface area contributed by atoms with Gasteiger partial charge in [0.2, 0.25) is 0 Å². The summed E-state index contributed by atoms with van der Waals surface area (Å²) in [6.07, 6.45) is 6.70. The number of nitrogens with zero attached hydrogens (tertiary/aromatic N) is 4. The van der Waals surface area contributed by atoms with Gasteiger partial charge in [0.25, 0.3) is 5.56 Å². The third kappa shape index (κ3) is 5.61. The molecule has 0 radical (unpaired) electrons. The van der Waals surface area contributed by atoms with Gasteiger partial charge < -0.3 is 9.72 Å². The summed E-state index contributed by atoms with van der Waals surface area (Å²) in [6, 6.07) is 11.8. The van der Waals surface area contributed by atoms with Crippen molar-refractivity contribution in [3.63, 3.8) is 0 Å². The number of rotatable bonds is 7. The molecule has 0 aliphatic carbocycles. The molecule has 0 spiro atoms. The summed E-state index contributed by atoms with van der Waals surface area (Å²) >= 11 is 1.35. The van der Waals surface area contributed by atoms with Gasteiger partial charge in [0.1, 0.15) is 29.7 Å². The Labute approximate surface area is 193 Å². The first-order chi connectivity index (χ1) is 16.0. The fraction of sp³-hybridized carbons (Fsp3) is 0.125. The molecule has 0 aliphatic heterocycles. The van der Waals surface area contributed by atoms with Crippen molar-refractivity contribution in [1.29, 1.82) is 5.26 Å². The first-order valence-corrected chi connectivity index (χ1v) is 10.9. The van der Waals surface area contributed by atoms with Gasteiger partial charge in [-0.25, -0.2) is 19.3 Å². The van der Waals surface area contributed by atoms with Gasteiger partial charge in [-0.2, -0.15) is 5.26 Å². The number of H-pyrrole nitrogens is 1. The van der Waals surface area contributed by atoms with Crippen molar-refractivity contribution in [2.75, 3.05) is 0 Å². The Hall–Kier alpha value is -4.03. The topological polar surface area (TPSA) is 105 Å². The third-order valence-corrected chi connectivity index (χ3v) is 5.71. The minimum absolute atomic E-state index is 0.215. The molecular formula is C24H18FN5O2S. The zero-order valence-electron chi connectivity index (χ0n) is 17.6. The minimum Gasteiger partial charge on any atom is -0.456 e. The van der Waals surface area contributed by atoms with Gasteiger partial charge in [0, 0.05) is 36.3 Å². The van der Waals surface area contributed by atoms with E-state index in [1.54, 1.807) is 43.7 Å². The van der Waals surface area contributed by atoms with Crippen LogP contribution in [-0.2, 0) is 12.2 Å². The first-order valence-electron chi connectivity index (χ1n) is 9.94. The van der Waals surface area contributed by atoms with Crippen LogP contribution >= 0.6 is 11.8 Å². The summed E-state index contributed by atoms with van der Waals surface area (Å²) in [7, 11) is 0. The first kappa shape index (κ1) is 22.2. The zero-order chi connectivity index (χ0) is 23.2. The van der Waals surface area contributed by atoms with Crippen LogP contribution in [0.2, 0.25) is 0 Å². The molecule has 164 valence electrons. The van der Waals surface area contributed by atoms with Crippen molar-refractivity contribution in [2.24, 2.45) is 0 Å². The number of hydrogen-bond acceptors (Lipinski definition) is 7. The van der Waals surface area contributed by atoms with E-state index >= 15 is 0 Å². The van der Waals surface area contributed by atoms with E-state index < -0.39 is 0 Å². The largest absolute Gasteiger partial charge is 0.456 e. The van der Waals surface area contributed by atoms with Crippen molar-refractivity contribution < 1.29 is 9.13 Å². The van der Waals surface area contributed by atoms with Gasteiger partial charge in [-0.05, 0) is 53.9 Å².